The van der Waals surface area contributed by atoms with Crippen LogP contribution >= 0.6 is 23.1 Å². The minimum atomic E-state index is 0.796. The third-order valence-corrected chi connectivity index (χ3v) is 4.19. The maximum Gasteiger partial charge on any atom is 0.191 e. The SMILES string of the molecule is CCCNc1cc(NCCc2cccs2)nc(SC)n1. The Kier molecular flexibility index (Phi) is 6.14. The molecule has 20 heavy (non-hydrogen) atoms. The first-order valence-electron chi connectivity index (χ1n) is 6.75. The van der Waals surface area contributed by atoms with Crippen molar-refractivity contribution in [2.45, 2.75) is 24.9 Å². The van der Waals surface area contributed by atoms with Crippen molar-refractivity contribution in [2.75, 3.05) is 30.0 Å². The van der Waals surface area contributed by atoms with Gasteiger partial charge in [0.15, 0.2) is 5.16 Å². The van der Waals surface area contributed by atoms with Crippen LogP contribution in [0.3, 0.4) is 0 Å². The summed E-state index contributed by atoms with van der Waals surface area (Å²) in [6.07, 6.45) is 4.10. The summed E-state index contributed by atoms with van der Waals surface area (Å²) in [6.45, 7) is 3.96. The number of nitrogens with zero attached hydrogens (tertiary/aromatic N) is 2. The molecule has 4 nitrogen and oxygen atoms in total. The molecule has 0 atom stereocenters. The van der Waals surface area contributed by atoms with Gasteiger partial charge in [-0.15, -0.1) is 11.3 Å². The van der Waals surface area contributed by atoms with Crippen molar-refractivity contribution in [3.05, 3.63) is 28.5 Å². The van der Waals surface area contributed by atoms with E-state index in [4.69, 9.17) is 0 Å². The normalized spacial score (nSPS) is 10.5. The second-order valence-electron chi connectivity index (χ2n) is 4.31. The van der Waals surface area contributed by atoms with Gasteiger partial charge >= 0.3 is 0 Å². The van der Waals surface area contributed by atoms with E-state index in [1.807, 2.05) is 12.3 Å². The quantitative estimate of drug-likeness (QED) is 0.575. The number of anilines is 2. The van der Waals surface area contributed by atoms with Crippen LogP contribution in [0.5, 0.6) is 0 Å². The first kappa shape index (κ1) is 15.1. The predicted molar refractivity (Wildman–Crippen MR) is 89.1 cm³/mol. The first-order valence-corrected chi connectivity index (χ1v) is 8.85. The Morgan fingerprint density at radius 1 is 1.20 bits per heavy atom. The Hall–Kier alpha value is -1.27. The lowest BCUT2D eigenvalue weighted by Crippen LogP contribution is -2.09. The van der Waals surface area contributed by atoms with Gasteiger partial charge in [0.1, 0.15) is 11.6 Å². The zero-order chi connectivity index (χ0) is 14.2. The summed E-state index contributed by atoms with van der Waals surface area (Å²) < 4.78 is 0. The van der Waals surface area contributed by atoms with Crippen molar-refractivity contribution in [3.8, 4) is 0 Å². The second-order valence-corrected chi connectivity index (χ2v) is 6.11. The van der Waals surface area contributed by atoms with Crippen LogP contribution < -0.4 is 10.6 Å². The van der Waals surface area contributed by atoms with Crippen LogP contribution in [0.15, 0.2) is 28.7 Å². The first-order chi connectivity index (χ1) is 9.81. The molecule has 0 spiro atoms. The van der Waals surface area contributed by atoms with Crippen molar-refractivity contribution < 1.29 is 0 Å². The number of hydrogen-bond donors (Lipinski definition) is 2. The van der Waals surface area contributed by atoms with E-state index < -0.39 is 0 Å². The molecule has 0 unspecified atom stereocenters. The minimum Gasteiger partial charge on any atom is -0.370 e. The molecule has 0 saturated carbocycles. The average molecular weight is 308 g/mol. The highest BCUT2D eigenvalue weighted by Crippen LogP contribution is 2.17. The maximum absolute atomic E-state index is 4.48. The van der Waals surface area contributed by atoms with Crippen molar-refractivity contribution in [3.63, 3.8) is 0 Å². The standard InChI is InChI=1S/C14H20N4S2/c1-3-7-15-12-10-13(18-14(17-12)19-2)16-8-6-11-5-4-9-20-11/h4-5,9-10H,3,6-8H2,1-2H3,(H2,15,16,17,18). The zero-order valence-corrected chi connectivity index (χ0v) is 13.5. The van der Waals surface area contributed by atoms with Gasteiger partial charge in [0.2, 0.25) is 0 Å². The van der Waals surface area contributed by atoms with Crippen LogP contribution in [0.25, 0.3) is 0 Å². The maximum atomic E-state index is 4.48. The van der Waals surface area contributed by atoms with Gasteiger partial charge in [0.05, 0.1) is 0 Å². The molecule has 108 valence electrons. The van der Waals surface area contributed by atoms with Crippen molar-refractivity contribution >= 4 is 34.7 Å². The van der Waals surface area contributed by atoms with Gasteiger partial charge in [-0.05, 0) is 30.5 Å². The largest absolute Gasteiger partial charge is 0.370 e. The summed E-state index contributed by atoms with van der Waals surface area (Å²) in [4.78, 5) is 10.3. The monoisotopic (exact) mass is 308 g/mol. The van der Waals surface area contributed by atoms with Crippen LogP contribution in [0, 0.1) is 0 Å². The van der Waals surface area contributed by atoms with Gasteiger partial charge in [0.25, 0.3) is 0 Å². The van der Waals surface area contributed by atoms with Crippen LogP contribution in [-0.4, -0.2) is 29.3 Å². The van der Waals surface area contributed by atoms with Crippen molar-refractivity contribution in [2.24, 2.45) is 0 Å². The molecule has 2 heterocycles. The predicted octanol–water partition coefficient (Wildman–Crippen LogP) is 3.74. The summed E-state index contributed by atoms with van der Waals surface area (Å²) >= 11 is 3.35. The molecule has 2 rings (SSSR count). The fourth-order valence-corrected chi connectivity index (χ4v) is 2.81. The summed E-state index contributed by atoms with van der Waals surface area (Å²) in [5.41, 5.74) is 0. The molecule has 0 aromatic carbocycles. The molecule has 0 saturated heterocycles. The van der Waals surface area contributed by atoms with E-state index in [1.54, 1.807) is 23.1 Å². The van der Waals surface area contributed by atoms with Gasteiger partial charge in [0, 0.05) is 24.0 Å². The van der Waals surface area contributed by atoms with E-state index in [-0.39, 0.29) is 0 Å². The van der Waals surface area contributed by atoms with Gasteiger partial charge < -0.3 is 10.6 Å². The molecular weight excluding hydrogens is 288 g/mol. The van der Waals surface area contributed by atoms with Gasteiger partial charge in [-0.1, -0.05) is 24.8 Å². The Balaban J connectivity index is 1.94. The van der Waals surface area contributed by atoms with Crippen molar-refractivity contribution in [1.29, 1.82) is 0 Å². The van der Waals surface area contributed by atoms with Gasteiger partial charge in [-0.3, -0.25) is 0 Å². The van der Waals surface area contributed by atoms with E-state index in [2.05, 4.69) is 45.0 Å². The molecule has 2 aromatic rings. The molecule has 6 heteroatoms. The molecule has 0 aliphatic rings. The lowest BCUT2D eigenvalue weighted by Gasteiger charge is -2.09. The average Bonchev–Trinajstić information content (AvgIpc) is 2.98. The lowest BCUT2D eigenvalue weighted by molar-refractivity contribution is 0.918. The Bertz CT molecular complexity index is 514. The number of nitrogens with one attached hydrogen (secondary N) is 2. The highest BCUT2D eigenvalue weighted by molar-refractivity contribution is 7.98. The minimum absolute atomic E-state index is 0.796. The third-order valence-electron chi connectivity index (χ3n) is 2.70. The van der Waals surface area contributed by atoms with E-state index in [0.717, 1.165) is 42.7 Å². The number of aromatic nitrogens is 2. The van der Waals surface area contributed by atoms with Crippen molar-refractivity contribution in [1.82, 2.24) is 9.97 Å². The molecule has 0 radical (unpaired) electrons. The Morgan fingerprint density at radius 3 is 2.55 bits per heavy atom. The van der Waals surface area contributed by atoms with E-state index >= 15 is 0 Å². The topological polar surface area (TPSA) is 49.8 Å². The summed E-state index contributed by atoms with van der Waals surface area (Å²) in [5, 5.41) is 9.59. The summed E-state index contributed by atoms with van der Waals surface area (Å²) in [7, 11) is 0. The number of thioether (sulfide) groups is 1. The molecule has 0 aliphatic carbocycles. The van der Waals surface area contributed by atoms with Crippen LogP contribution in [0.1, 0.15) is 18.2 Å². The highest BCUT2D eigenvalue weighted by atomic mass is 32.2. The second kappa shape index (κ2) is 8.11. The van der Waals surface area contributed by atoms with Gasteiger partial charge in [-0.25, -0.2) is 9.97 Å². The van der Waals surface area contributed by atoms with E-state index in [1.165, 1.54) is 4.88 Å². The van der Waals surface area contributed by atoms with Gasteiger partial charge in [-0.2, -0.15) is 0 Å². The number of thiophene rings is 1. The molecule has 0 amide bonds. The molecule has 0 bridgehead atoms. The fourth-order valence-electron chi connectivity index (χ4n) is 1.72. The molecule has 0 aliphatic heterocycles. The Labute approximate surface area is 128 Å². The lowest BCUT2D eigenvalue weighted by atomic mass is 10.3. The summed E-state index contributed by atoms with van der Waals surface area (Å²) in [6, 6.07) is 6.22. The Morgan fingerprint density at radius 2 is 1.95 bits per heavy atom. The molecule has 2 aromatic heterocycles. The van der Waals surface area contributed by atoms with Crippen LogP contribution in [0.2, 0.25) is 0 Å². The molecular formula is C14H20N4S2. The summed E-state index contributed by atoms with van der Waals surface area (Å²) in [5.74, 6) is 1.78. The van der Waals surface area contributed by atoms with E-state index in [0.29, 0.717) is 0 Å². The number of hydrogen-bond acceptors (Lipinski definition) is 6. The van der Waals surface area contributed by atoms with Crippen LogP contribution in [0.4, 0.5) is 11.6 Å². The zero-order valence-electron chi connectivity index (χ0n) is 11.8. The molecule has 2 N–H and O–H groups in total. The van der Waals surface area contributed by atoms with Crippen LogP contribution in [-0.2, 0) is 6.42 Å². The smallest absolute Gasteiger partial charge is 0.191 e. The fraction of sp³-hybridized carbons (Fsp3) is 0.429. The third kappa shape index (κ3) is 4.68. The van der Waals surface area contributed by atoms with E-state index in [9.17, 15) is 0 Å². The number of rotatable bonds is 8. The highest BCUT2D eigenvalue weighted by Gasteiger charge is 2.03. The molecule has 0 fully saturated rings.